The number of anilines is 2. The van der Waals surface area contributed by atoms with Crippen molar-refractivity contribution in [3.63, 3.8) is 0 Å². The highest BCUT2D eigenvalue weighted by molar-refractivity contribution is 9.10. The van der Waals surface area contributed by atoms with Gasteiger partial charge in [0.15, 0.2) is 0 Å². The van der Waals surface area contributed by atoms with Crippen LogP contribution in [0.5, 0.6) is 0 Å². The van der Waals surface area contributed by atoms with Crippen molar-refractivity contribution < 1.29 is 4.79 Å². The molecule has 0 spiro atoms. The fourth-order valence-corrected chi connectivity index (χ4v) is 3.85. The molecule has 0 aliphatic carbocycles. The van der Waals surface area contributed by atoms with Crippen LogP contribution in [0.15, 0.2) is 51.8 Å². The summed E-state index contributed by atoms with van der Waals surface area (Å²) in [6.45, 7) is 4.86. The summed E-state index contributed by atoms with van der Waals surface area (Å²) in [6, 6.07) is 13.8. The van der Waals surface area contributed by atoms with Crippen LogP contribution in [-0.4, -0.2) is 17.8 Å². The molecule has 0 radical (unpaired) electrons. The first-order chi connectivity index (χ1) is 10.5. The molecular weight excluding hydrogens is 360 g/mol. The lowest BCUT2D eigenvalue weighted by molar-refractivity contribution is 0.256. The third-order valence-corrected chi connectivity index (χ3v) is 5.62. The third kappa shape index (κ3) is 3.15. The predicted molar refractivity (Wildman–Crippen MR) is 97.0 cm³/mol. The summed E-state index contributed by atoms with van der Waals surface area (Å²) in [5, 5.41) is 3.38. The number of thioether (sulfide) groups is 1. The van der Waals surface area contributed by atoms with Gasteiger partial charge >= 0.3 is 6.03 Å². The first-order valence-corrected chi connectivity index (χ1v) is 8.82. The Morgan fingerprint density at radius 1 is 1.32 bits per heavy atom. The summed E-state index contributed by atoms with van der Waals surface area (Å²) in [5.41, 5.74) is 2.90. The number of hydrogen-bond donors (Lipinski definition) is 1. The molecule has 0 bridgehead atoms. The second kappa shape index (κ2) is 6.34. The lowest BCUT2D eigenvalue weighted by Gasteiger charge is -2.32. The number of urea groups is 1. The molecule has 0 aromatic heterocycles. The summed E-state index contributed by atoms with van der Waals surface area (Å²) >= 11 is 5.29. The van der Waals surface area contributed by atoms with Crippen LogP contribution in [0.3, 0.4) is 0 Å². The first kappa shape index (κ1) is 15.4. The van der Waals surface area contributed by atoms with Crippen LogP contribution < -0.4 is 10.2 Å². The lowest BCUT2D eigenvalue weighted by Crippen LogP contribution is -2.41. The van der Waals surface area contributed by atoms with Gasteiger partial charge in [-0.1, -0.05) is 35.0 Å². The van der Waals surface area contributed by atoms with Crippen molar-refractivity contribution >= 4 is 45.1 Å². The van der Waals surface area contributed by atoms with Gasteiger partial charge < -0.3 is 5.32 Å². The van der Waals surface area contributed by atoms with Crippen molar-refractivity contribution in [1.82, 2.24) is 0 Å². The van der Waals surface area contributed by atoms with Crippen molar-refractivity contribution in [3.8, 4) is 0 Å². The van der Waals surface area contributed by atoms with Gasteiger partial charge in [-0.05, 0) is 42.8 Å². The maximum absolute atomic E-state index is 12.7. The zero-order valence-electron chi connectivity index (χ0n) is 12.5. The number of para-hydroxylation sites is 1. The van der Waals surface area contributed by atoms with E-state index in [0.717, 1.165) is 26.3 Å². The smallest absolute Gasteiger partial charge is 0.308 e. The molecule has 1 atom stereocenters. The maximum Gasteiger partial charge on any atom is 0.326 e. The molecule has 1 N–H and O–H groups in total. The number of amides is 2. The molecule has 3 nitrogen and oxygen atoms in total. The average molecular weight is 377 g/mol. The van der Waals surface area contributed by atoms with Crippen LogP contribution in [0.1, 0.15) is 12.5 Å². The summed E-state index contributed by atoms with van der Waals surface area (Å²) in [5.74, 6) is 0. The van der Waals surface area contributed by atoms with Crippen molar-refractivity contribution in [2.24, 2.45) is 0 Å². The van der Waals surface area contributed by atoms with Crippen LogP contribution in [0.2, 0.25) is 0 Å². The normalized spacial score (nSPS) is 17.0. The van der Waals surface area contributed by atoms with Crippen LogP contribution in [0.25, 0.3) is 0 Å². The molecule has 0 fully saturated rings. The number of nitrogens with zero attached hydrogens (tertiary/aromatic N) is 1. The highest BCUT2D eigenvalue weighted by Crippen LogP contribution is 2.38. The van der Waals surface area contributed by atoms with E-state index in [1.54, 1.807) is 0 Å². The molecule has 2 aromatic rings. The van der Waals surface area contributed by atoms with E-state index in [2.05, 4.69) is 34.2 Å². The molecule has 2 aromatic carbocycles. The first-order valence-electron chi connectivity index (χ1n) is 7.15. The zero-order valence-corrected chi connectivity index (χ0v) is 14.9. The van der Waals surface area contributed by atoms with E-state index in [9.17, 15) is 4.79 Å². The monoisotopic (exact) mass is 376 g/mol. The molecule has 0 saturated heterocycles. The van der Waals surface area contributed by atoms with Gasteiger partial charge in [0, 0.05) is 26.9 Å². The second-order valence-corrected chi connectivity index (χ2v) is 7.74. The lowest BCUT2D eigenvalue weighted by atomic mass is 10.2. The van der Waals surface area contributed by atoms with Gasteiger partial charge in [0.2, 0.25) is 0 Å². The molecule has 5 heteroatoms. The van der Waals surface area contributed by atoms with Crippen LogP contribution in [-0.2, 0) is 0 Å². The average Bonchev–Trinajstić information content (AvgIpc) is 2.50. The van der Waals surface area contributed by atoms with Crippen molar-refractivity contribution in [3.05, 3.63) is 52.5 Å². The Morgan fingerprint density at radius 2 is 2.09 bits per heavy atom. The number of nitrogens with one attached hydrogen (secondary N) is 1. The number of hydrogen-bond acceptors (Lipinski definition) is 2. The standard InChI is InChI=1S/C17H17BrN2OS/c1-11-9-13(7-8-14(11)18)19-17(21)20-10-12(2)22-16-6-4-3-5-15(16)20/h3-9,12H,10H2,1-2H3,(H,19,21)/t12-/m1/s1. The molecule has 1 heterocycles. The van der Waals surface area contributed by atoms with Gasteiger partial charge in [0.05, 0.1) is 5.69 Å². The Bertz CT molecular complexity index is 720. The highest BCUT2D eigenvalue weighted by atomic mass is 79.9. The van der Waals surface area contributed by atoms with Gasteiger partial charge in [-0.3, -0.25) is 4.90 Å². The Kier molecular flexibility index (Phi) is 4.45. The van der Waals surface area contributed by atoms with Crippen molar-refractivity contribution in [1.29, 1.82) is 0 Å². The molecule has 1 aliphatic rings. The minimum absolute atomic E-state index is 0.0821. The van der Waals surface area contributed by atoms with E-state index in [1.165, 1.54) is 0 Å². The molecule has 0 saturated carbocycles. The van der Waals surface area contributed by atoms with Gasteiger partial charge in [0.1, 0.15) is 0 Å². The zero-order chi connectivity index (χ0) is 15.7. The molecule has 3 rings (SSSR count). The Labute approximate surface area is 143 Å². The summed E-state index contributed by atoms with van der Waals surface area (Å²) in [7, 11) is 0. The van der Waals surface area contributed by atoms with Crippen molar-refractivity contribution in [2.75, 3.05) is 16.8 Å². The molecular formula is C17H17BrN2OS. The number of carbonyl (C=O) groups is 1. The van der Waals surface area contributed by atoms with Crippen molar-refractivity contribution in [2.45, 2.75) is 24.0 Å². The molecule has 22 heavy (non-hydrogen) atoms. The number of benzene rings is 2. The Hall–Kier alpha value is -1.46. The van der Waals surface area contributed by atoms with E-state index in [-0.39, 0.29) is 6.03 Å². The van der Waals surface area contributed by atoms with Crippen LogP contribution in [0, 0.1) is 6.92 Å². The second-order valence-electron chi connectivity index (χ2n) is 5.40. The predicted octanol–water partition coefficient (Wildman–Crippen LogP) is 5.29. The number of aryl methyl sites for hydroxylation is 1. The Morgan fingerprint density at radius 3 is 2.86 bits per heavy atom. The van der Waals surface area contributed by atoms with Gasteiger partial charge in [-0.2, -0.15) is 0 Å². The fraction of sp³-hybridized carbons (Fsp3) is 0.235. The van der Waals surface area contributed by atoms with Crippen LogP contribution in [0.4, 0.5) is 16.2 Å². The van der Waals surface area contributed by atoms with E-state index >= 15 is 0 Å². The molecule has 0 unspecified atom stereocenters. The Balaban J connectivity index is 1.84. The fourth-order valence-electron chi connectivity index (χ4n) is 2.49. The highest BCUT2D eigenvalue weighted by Gasteiger charge is 2.26. The van der Waals surface area contributed by atoms with E-state index in [1.807, 2.05) is 60.0 Å². The minimum atomic E-state index is -0.0821. The topological polar surface area (TPSA) is 32.3 Å². The number of fused-ring (bicyclic) bond motifs is 1. The molecule has 1 aliphatic heterocycles. The van der Waals surface area contributed by atoms with Gasteiger partial charge in [0.25, 0.3) is 0 Å². The minimum Gasteiger partial charge on any atom is -0.308 e. The largest absolute Gasteiger partial charge is 0.326 e. The van der Waals surface area contributed by atoms with E-state index in [0.29, 0.717) is 11.8 Å². The third-order valence-electron chi connectivity index (χ3n) is 3.58. The van der Waals surface area contributed by atoms with Gasteiger partial charge in [-0.25, -0.2) is 4.79 Å². The SMILES string of the molecule is Cc1cc(NC(=O)N2C[C@@H](C)Sc3ccccc32)ccc1Br. The van der Waals surface area contributed by atoms with E-state index < -0.39 is 0 Å². The maximum atomic E-state index is 12.7. The summed E-state index contributed by atoms with van der Waals surface area (Å²) < 4.78 is 1.04. The number of halogens is 1. The molecule has 114 valence electrons. The summed E-state index contributed by atoms with van der Waals surface area (Å²) in [6.07, 6.45) is 0. The van der Waals surface area contributed by atoms with E-state index in [4.69, 9.17) is 0 Å². The summed E-state index contributed by atoms with van der Waals surface area (Å²) in [4.78, 5) is 15.6. The van der Waals surface area contributed by atoms with Crippen LogP contribution >= 0.6 is 27.7 Å². The number of carbonyl (C=O) groups excluding carboxylic acids is 1. The quantitative estimate of drug-likeness (QED) is 0.732. The van der Waals surface area contributed by atoms with Gasteiger partial charge in [-0.15, -0.1) is 11.8 Å². The molecule has 2 amide bonds. The number of rotatable bonds is 1.